The van der Waals surface area contributed by atoms with Crippen LogP contribution in [0.5, 0.6) is 0 Å². The highest BCUT2D eigenvalue weighted by atomic mass is 35.5. The Morgan fingerprint density at radius 3 is 2.75 bits per heavy atom. The van der Waals surface area contributed by atoms with E-state index in [0.29, 0.717) is 18.2 Å². The number of sulfonamides is 1. The van der Waals surface area contributed by atoms with E-state index >= 15 is 0 Å². The minimum atomic E-state index is -3.17. The highest BCUT2D eigenvalue weighted by molar-refractivity contribution is 7.90. The average Bonchev–Trinajstić information content (AvgIpc) is 3.23. The van der Waals surface area contributed by atoms with Gasteiger partial charge in [-0.25, -0.2) is 8.42 Å². The second-order valence-electron chi connectivity index (χ2n) is 5.54. The van der Waals surface area contributed by atoms with E-state index in [1.165, 1.54) is 0 Å². The van der Waals surface area contributed by atoms with Gasteiger partial charge < -0.3 is 4.74 Å². The summed E-state index contributed by atoms with van der Waals surface area (Å²) in [6.07, 6.45) is 1.33. The van der Waals surface area contributed by atoms with Crippen LogP contribution >= 0.6 is 11.6 Å². The minimum Gasteiger partial charge on any atom is -0.370 e. The quantitative estimate of drug-likeness (QED) is 0.861. The fraction of sp³-hybridized carbons (Fsp3) is 0.571. The fourth-order valence-corrected chi connectivity index (χ4v) is 4.77. The Kier molecular flexibility index (Phi) is 3.79. The molecule has 1 aliphatic heterocycles. The third-order valence-corrected chi connectivity index (χ3v) is 6.58. The van der Waals surface area contributed by atoms with E-state index in [-0.39, 0.29) is 17.4 Å². The molecule has 0 N–H and O–H groups in total. The number of morpholine rings is 1. The molecular formula is C14H18ClNO3S. The Bertz CT molecular complexity index is 600. The van der Waals surface area contributed by atoms with Gasteiger partial charge in [0.15, 0.2) is 0 Å². The van der Waals surface area contributed by atoms with Gasteiger partial charge in [-0.15, -0.1) is 0 Å². The van der Waals surface area contributed by atoms with Crippen molar-refractivity contribution in [1.29, 1.82) is 0 Å². The third kappa shape index (κ3) is 2.72. The van der Waals surface area contributed by atoms with Crippen LogP contribution in [-0.4, -0.2) is 37.2 Å². The number of halogens is 1. The predicted molar refractivity (Wildman–Crippen MR) is 78.3 cm³/mol. The molecule has 0 unspecified atom stereocenters. The molecule has 1 aromatic rings. The number of benzene rings is 1. The summed E-state index contributed by atoms with van der Waals surface area (Å²) in [5, 5.41) is 0.462. The van der Waals surface area contributed by atoms with Gasteiger partial charge in [0.05, 0.1) is 18.0 Å². The van der Waals surface area contributed by atoms with Gasteiger partial charge in [0.25, 0.3) is 0 Å². The van der Waals surface area contributed by atoms with Crippen molar-refractivity contribution in [2.24, 2.45) is 0 Å². The summed E-state index contributed by atoms with van der Waals surface area (Å²) in [5.41, 5.74) is 0.931. The van der Waals surface area contributed by atoms with Crippen LogP contribution in [0.2, 0.25) is 5.02 Å². The highest BCUT2D eigenvalue weighted by Crippen LogP contribution is 2.35. The molecule has 2 fully saturated rings. The maximum atomic E-state index is 12.4. The molecule has 3 rings (SSSR count). The van der Waals surface area contributed by atoms with Gasteiger partial charge in [0.1, 0.15) is 0 Å². The van der Waals surface area contributed by atoms with Crippen LogP contribution in [0.3, 0.4) is 0 Å². The number of ether oxygens (including phenoxy) is 1. The average molecular weight is 316 g/mol. The van der Waals surface area contributed by atoms with Crippen LogP contribution in [0.1, 0.15) is 31.4 Å². The Morgan fingerprint density at radius 2 is 2.10 bits per heavy atom. The largest absolute Gasteiger partial charge is 0.370 e. The first-order chi connectivity index (χ1) is 9.48. The molecule has 1 saturated heterocycles. The predicted octanol–water partition coefficient (Wildman–Crippen LogP) is 2.59. The van der Waals surface area contributed by atoms with Crippen molar-refractivity contribution in [3.05, 3.63) is 34.9 Å². The van der Waals surface area contributed by atoms with Crippen LogP contribution in [0.25, 0.3) is 0 Å². The Labute approximate surface area is 124 Å². The van der Waals surface area contributed by atoms with E-state index in [1.807, 2.05) is 25.1 Å². The molecule has 0 bridgehead atoms. The highest BCUT2D eigenvalue weighted by Gasteiger charge is 2.44. The van der Waals surface area contributed by atoms with E-state index in [2.05, 4.69) is 0 Å². The van der Waals surface area contributed by atoms with E-state index in [4.69, 9.17) is 16.3 Å². The van der Waals surface area contributed by atoms with Gasteiger partial charge in [0, 0.05) is 17.6 Å². The molecule has 0 radical (unpaired) electrons. The monoisotopic (exact) mass is 315 g/mol. The van der Waals surface area contributed by atoms with Crippen LogP contribution in [0, 0.1) is 0 Å². The maximum Gasteiger partial charge on any atom is 0.217 e. The standard InChI is InChI=1S/C14H18ClNO3S/c1-10-9-19-14(11-3-2-4-12(15)7-11)8-16(10)20(17,18)13-5-6-13/h2-4,7,10,13-14H,5-6,8-9H2,1H3/t10-,14+/m0/s1. The first-order valence-corrected chi connectivity index (χ1v) is 8.74. The van der Waals surface area contributed by atoms with Crippen molar-refractivity contribution in [2.45, 2.75) is 37.2 Å². The van der Waals surface area contributed by atoms with Gasteiger partial charge in [-0.1, -0.05) is 23.7 Å². The SMILES string of the molecule is C[C@H]1CO[C@@H](c2cccc(Cl)c2)CN1S(=O)(=O)C1CC1. The molecule has 110 valence electrons. The lowest BCUT2D eigenvalue weighted by atomic mass is 10.1. The lowest BCUT2D eigenvalue weighted by Crippen LogP contribution is -2.49. The van der Waals surface area contributed by atoms with Crippen molar-refractivity contribution in [3.63, 3.8) is 0 Å². The van der Waals surface area contributed by atoms with Gasteiger partial charge in [0.2, 0.25) is 10.0 Å². The lowest BCUT2D eigenvalue weighted by Gasteiger charge is -2.37. The molecule has 4 nitrogen and oxygen atoms in total. The molecular weight excluding hydrogens is 298 g/mol. The minimum absolute atomic E-state index is 0.101. The Morgan fingerprint density at radius 1 is 1.35 bits per heavy atom. The second-order valence-corrected chi connectivity index (χ2v) is 8.14. The molecule has 2 atom stereocenters. The zero-order valence-corrected chi connectivity index (χ0v) is 12.9. The maximum absolute atomic E-state index is 12.4. The van der Waals surface area contributed by atoms with Crippen molar-refractivity contribution < 1.29 is 13.2 Å². The van der Waals surface area contributed by atoms with Crippen LogP contribution in [-0.2, 0) is 14.8 Å². The van der Waals surface area contributed by atoms with E-state index in [1.54, 1.807) is 10.4 Å². The summed E-state index contributed by atoms with van der Waals surface area (Å²) in [5.74, 6) is 0. The number of rotatable bonds is 3. The second kappa shape index (κ2) is 5.30. The third-order valence-electron chi connectivity index (χ3n) is 3.87. The van der Waals surface area contributed by atoms with Crippen molar-refractivity contribution in [1.82, 2.24) is 4.31 Å². The molecule has 0 amide bonds. The van der Waals surface area contributed by atoms with Crippen molar-refractivity contribution >= 4 is 21.6 Å². The van der Waals surface area contributed by atoms with Gasteiger partial charge in [-0.3, -0.25) is 0 Å². The number of nitrogens with zero attached hydrogens (tertiary/aromatic N) is 1. The number of hydrogen-bond donors (Lipinski definition) is 0. The molecule has 1 aliphatic carbocycles. The van der Waals surface area contributed by atoms with Gasteiger partial charge in [-0.05, 0) is 37.5 Å². The smallest absolute Gasteiger partial charge is 0.217 e. The summed E-state index contributed by atoms with van der Waals surface area (Å²) in [6, 6.07) is 7.32. The summed E-state index contributed by atoms with van der Waals surface area (Å²) in [4.78, 5) is 0. The molecule has 0 spiro atoms. The molecule has 1 aromatic carbocycles. The molecule has 2 aliphatic rings. The van der Waals surface area contributed by atoms with Gasteiger partial charge >= 0.3 is 0 Å². The first kappa shape index (κ1) is 14.3. The molecule has 0 aromatic heterocycles. The zero-order chi connectivity index (χ0) is 14.3. The summed E-state index contributed by atoms with van der Waals surface area (Å²) in [6.45, 7) is 2.69. The van der Waals surface area contributed by atoms with Crippen LogP contribution in [0.4, 0.5) is 0 Å². The fourth-order valence-electron chi connectivity index (χ4n) is 2.56. The van der Waals surface area contributed by atoms with Gasteiger partial charge in [-0.2, -0.15) is 4.31 Å². The molecule has 1 saturated carbocycles. The topological polar surface area (TPSA) is 46.6 Å². The zero-order valence-electron chi connectivity index (χ0n) is 11.3. The van der Waals surface area contributed by atoms with E-state index < -0.39 is 10.0 Å². The lowest BCUT2D eigenvalue weighted by molar-refractivity contribution is -0.0289. The van der Waals surface area contributed by atoms with Crippen LogP contribution in [0.15, 0.2) is 24.3 Å². The van der Waals surface area contributed by atoms with Crippen molar-refractivity contribution in [2.75, 3.05) is 13.2 Å². The number of hydrogen-bond acceptors (Lipinski definition) is 3. The Hall–Kier alpha value is -0.620. The summed E-state index contributed by atoms with van der Waals surface area (Å²) < 4.78 is 32.3. The normalized spacial score (nSPS) is 28.5. The summed E-state index contributed by atoms with van der Waals surface area (Å²) >= 11 is 5.99. The Balaban J connectivity index is 1.83. The molecule has 1 heterocycles. The van der Waals surface area contributed by atoms with E-state index in [0.717, 1.165) is 18.4 Å². The molecule has 20 heavy (non-hydrogen) atoms. The van der Waals surface area contributed by atoms with E-state index in [9.17, 15) is 8.42 Å². The first-order valence-electron chi connectivity index (χ1n) is 6.86. The molecule has 6 heteroatoms. The van der Waals surface area contributed by atoms with Crippen LogP contribution < -0.4 is 0 Å². The summed E-state index contributed by atoms with van der Waals surface area (Å²) in [7, 11) is -3.17. The van der Waals surface area contributed by atoms with Crippen molar-refractivity contribution in [3.8, 4) is 0 Å².